The second kappa shape index (κ2) is 6.52. The summed E-state index contributed by atoms with van der Waals surface area (Å²) in [5.41, 5.74) is 2.29. The first-order valence-electron chi connectivity index (χ1n) is 9.23. The van der Waals surface area contributed by atoms with Crippen LogP contribution in [0.2, 0.25) is 0 Å². The molecule has 132 valence electrons. The molecule has 1 aromatic carbocycles. The predicted octanol–water partition coefficient (Wildman–Crippen LogP) is 2.60. The van der Waals surface area contributed by atoms with Gasteiger partial charge >= 0.3 is 0 Å². The first kappa shape index (κ1) is 15.5. The maximum Gasteiger partial charge on any atom is 0.232 e. The summed E-state index contributed by atoms with van der Waals surface area (Å²) in [5.74, 6) is 1.69. The molecule has 2 aromatic rings. The molecule has 5 rings (SSSR count). The third-order valence-corrected chi connectivity index (χ3v) is 5.56. The Kier molecular flexibility index (Phi) is 4.04. The van der Waals surface area contributed by atoms with Crippen molar-refractivity contribution >= 4 is 0 Å². The molecule has 6 heteroatoms. The number of benzene rings is 1. The molecular weight excluding hydrogens is 318 g/mol. The second-order valence-electron chi connectivity index (χ2n) is 7.26. The smallest absolute Gasteiger partial charge is 0.232 e. The number of fused-ring (bicyclic) bond motifs is 2. The van der Waals surface area contributed by atoms with Crippen LogP contribution in [0.5, 0.6) is 0 Å². The van der Waals surface area contributed by atoms with Crippen molar-refractivity contribution in [3.05, 3.63) is 35.7 Å². The van der Waals surface area contributed by atoms with Gasteiger partial charge in [0.2, 0.25) is 11.7 Å². The van der Waals surface area contributed by atoms with E-state index in [-0.39, 0.29) is 12.0 Å². The molecule has 25 heavy (non-hydrogen) atoms. The van der Waals surface area contributed by atoms with E-state index in [1.54, 1.807) is 0 Å². The average molecular weight is 341 g/mol. The molecule has 6 nitrogen and oxygen atoms in total. The fourth-order valence-electron chi connectivity index (χ4n) is 4.23. The highest BCUT2D eigenvalue weighted by atomic mass is 16.5. The molecule has 0 aliphatic carbocycles. The molecule has 3 unspecified atom stereocenters. The fourth-order valence-corrected chi connectivity index (χ4v) is 4.23. The minimum atomic E-state index is 0.269. The summed E-state index contributed by atoms with van der Waals surface area (Å²) < 4.78 is 16.9. The van der Waals surface area contributed by atoms with Crippen LogP contribution in [0.4, 0.5) is 0 Å². The topological polar surface area (TPSA) is 60.6 Å². The maximum absolute atomic E-state index is 5.91. The standard InChI is InChI=1S/C19H23N3O3/c1-2-13(12-22-6-8-23-9-7-22)10-14(3-1)18-20-19(25-21-18)16-11-15-4-5-17(16)24-15/h1-3,10,15-17H,4-9,11-12H2. The summed E-state index contributed by atoms with van der Waals surface area (Å²) in [6, 6.07) is 8.45. The second-order valence-corrected chi connectivity index (χ2v) is 7.26. The highest BCUT2D eigenvalue weighted by Gasteiger charge is 2.44. The van der Waals surface area contributed by atoms with Crippen LogP contribution in [0.1, 0.15) is 36.6 Å². The van der Waals surface area contributed by atoms with Crippen molar-refractivity contribution in [3.8, 4) is 11.4 Å². The Labute approximate surface area is 147 Å². The van der Waals surface area contributed by atoms with Gasteiger partial charge in [-0.25, -0.2) is 0 Å². The Morgan fingerprint density at radius 3 is 2.88 bits per heavy atom. The van der Waals surface area contributed by atoms with Gasteiger partial charge in [0.1, 0.15) is 0 Å². The molecule has 3 atom stereocenters. The molecule has 3 saturated heterocycles. The monoisotopic (exact) mass is 341 g/mol. The lowest BCUT2D eigenvalue weighted by atomic mass is 9.89. The van der Waals surface area contributed by atoms with Gasteiger partial charge in [-0.1, -0.05) is 23.4 Å². The van der Waals surface area contributed by atoms with Crippen molar-refractivity contribution < 1.29 is 14.0 Å². The van der Waals surface area contributed by atoms with Crippen LogP contribution in [0.3, 0.4) is 0 Å². The van der Waals surface area contributed by atoms with Gasteiger partial charge < -0.3 is 14.0 Å². The lowest BCUT2D eigenvalue weighted by Crippen LogP contribution is -2.35. The molecule has 3 aliphatic rings. The molecule has 4 heterocycles. The van der Waals surface area contributed by atoms with Gasteiger partial charge in [0.05, 0.1) is 31.3 Å². The summed E-state index contributed by atoms with van der Waals surface area (Å²) in [7, 11) is 0. The van der Waals surface area contributed by atoms with Crippen LogP contribution in [0.15, 0.2) is 28.8 Å². The van der Waals surface area contributed by atoms with Gasteiger partial charge in [0.25, 0.3) is 0 Å². The number of hydrogen-bond donors (Lipinski definition) is 0. The number of morpholine rings is 1. The maximum atomic E-state index is 5.91. The van der Waals surface area contributed by atoms with E-state index in [1.807, 2.05) is 0 Å². The van der Waals surface area contributed by atoms with Crippen molar-refractivity contribution in [1.82, 2.24) is 15.0 Å². The Hall–Kier alpha value is -1.76. The SMILES string of the molecule is c1cc(CN2CCOCC2)cc(-c2noc(C3CC4CCC3O4)n2)c1. The predicted molar refractivity (Wildman–Crippen MR) is 91.1 cm³/mol. The van der Waals surface area contributed by atoms with Crippen molar-refractivity contribution in [1.29, 1.82) is 0 Å². The summed E-state index contributed by atoms with van der Waals surface area (Å²) in [5, 5.41) is 4.23. The normalized spacial score (nSPS) is 29.4. The number of ether oxygens (including phenoxy) is 2. The zero-order valence-corrected chi connectivity index (χ0v) is 14.3. The molecule has 3 aliphatic heterocycles. The van der Waals surface area contributed by atoms with Crippen LogP contribution >= 0.6 is 0 Å². The summed E-state index contributed by atoms with van der Waals surface area (Å²) >= 11 is 0. The third kappa shape index (κ3) is 3.10. The molecule has 0 saturated carbocycles. The van der Waals surface area contributed by atoms with Crippen LogP contribution in [0, 0.1) is 0 Å². The number of nitrogens with zero attached hydrogens (tertiary/aromatic N) is 3. The molecule has 3 fully saturated rings. The molecule has 0 amide bonds. The van der Waals surface area contributed by atoms with Crippen LogP contribution in [0.25, 0.3) is 11.4 Å². The van der Waals surface area contributed by atoms with Gasteiger partial charge in [-0.2, -0.15) is 4.98 Å². The van der Waals surface area contributed by atoms with Gasteiger partial charge in [0.15, 0.2) is 0 Å². The highest BCUT2D eigenvalue weighted by molar-refractivity contribution is 5.55. The van der Waals surface area contributed by atoms with E-state index in [4.69, 9.17) is 14.0 Å². The van der Waals surface area contributed by atoms with E-state index in [0.717, 1.165) is 57.1 Å². The summed E-state index contributed by atoms with van der Waals surface area (Å²) in [4.78, 5) is 7.09. The van der Waals surface area contributed by atoms with E-state index in [2.05, 4.69) is 39.3 Å². The quantitative estimate of drug-likeness (QED) is 0.852. The van der Waals surface area contributed by atoms with Crippen molar-refractivity contribution in [2.75, 3.05) is 26.3 Å². The number of aromatic nitrogens is 2. The van der Waals surface area contributed by atoms with E-state index >= 15 is 0 Å². The zero-order chi connectivity index (χ0) is 16.6. The van der Waals surface area contributed by atoms with Crippen molar-refractivity contribution in [2.45, 2.75) is 43.9 Å². The summed E-state index contributed by atoms with van der Waals surface area (Å²) in [6.45, 7) is 4.54. The molecule has 0 radical (unpaired) electrons. The largest absolute Gasteiger partial charge is 0.379 e. The van der Waals surface area contributed by atoms with E-state index in [1.165, 1.54) is 12.0 Å². The van der Waals surface area contributed by atoms with E-state index in [9.17, 15) is 0 Å². The van der Waals surface area contributed by atoms with Crippen molar-refractivity contribution in [3.63, 3.8) is 0 Å². The third-order valence-electron chi connectivity index (χ3n) is 5.56. The first-order chi connectivity index (χ1) is 12.3. The Morgan fingerprint density at radius 2 is 2.08 bits per heavy atom. The Morgan fingerprint density at radius 1 is 1.16 bits per heavy atom. The van der Waals surface area contributed by atoms with Crippen LogP contribution in [-0.4, -0.2) is 53.6 Å². The molecule has 0 N–H and O–H groups in total. The van der Waals surface area contributed by atoms with Gasteiger partial charge in [-0.05, 0) is 30.9 Å². The molecule has 2 bridgehead atoms. The van der Waals surface area contributed by atoms with Crippen molar-refractivity contribution in [2.24, 2.45) is 0 Å². The fraction of sp³-hybridized carbons (Fsp3) is 0.579. The van der Waals surface area contributed by atoms with Gasteiger partial charge in [0, 0.05) is 25.2 Å². The summed E-state index contributed by atoms with van der Waals surface area (Å²) in [6.07, 6.45) is 3.96. The average Bonchev–Trinajstić information content (AvgIpc) is 3.39. The molecule has 0 spiro atoms. The number of rotatable bonds is 4. The molecular formula is C19H23N3O3. The first-order valence-corrected chi connectivity index (χ1v) is 9.23. The lowest BCUT2D eigenvalue weighted by Gasteiger charge is -2.26. The Balaban J connectivity index is 1.32. The minimum Gasteiger partial charge on any atom is -0.379 e. The highest BCUT2D eigenvalue weighted by Crippen LogP contribution is 2.44. The van der Waals surface area contributed by atoms with E-state index < -0.39 is 0 Å². The minimum absolute atomic E-state index is 0.269. The van der Waals surface area contributed by atoms with Crippen LogP contribution < -0.4 is 0 Å². The lowest BCUT2D eigenvalue weighted by molar-refractivity contribution is 0.0342. The molecule has 1 aromatic heterocycles. The van der Waals surface area contributed by atoms with E-state index in [0.29, 0.717) is 11.9 Å². The Bertz CT molecular complexity index is 741. The zero-order valence-electron chi connectivity index (χ0n) is 14.3. The van der Waals surface area contributed by atoms with Gasteiger partial charge in [-0.3, -0.25) is 4.90 Å². The van der Waals surface area contributed by atoms with Gasteiger partial charge in [-0.15, -0.1) is 0 Å². The number of hydrogen-bond acceptors (Lipinski definition) is 6. The van der Waals surface area contributed by atoms with Crippen LogP contribution in [-0.2, 0) is 16.0 Å².